The van der Waals surface area contributed by atoms with Crippen LogP contribution in [0.3, 0.4) is 0 Å². The van der Waals surface area contributed by atoms with Gasteiger partial charge in [0.1, 0.15) is 6.61 Å². The molecular formula is C11H20N4O3. The maximum atomic E-state index is 11.0. The number of nitrogens with zero attached hydrogens (tertiary/aromatic N) is 4. The van der Waals surface area contributed by atoms with Crippen LogP contribution >= 0.6 is 0 Å². The van der Waals surface area contributed by atoms with Crippen LogP contribution in [0.15, 0.2) is 0 Å². The summed E-state index contributed by atoms with van der Waals surface area (Å²) in [6, 6.07) is -0.305. The van der Waals surface area contributed by atoms with Gasteiger partial charge in [-0.1, -0.05) is 20.8 Å². The largest absolute Gasteiger partial charge is 0.481 e. The monoisotopic (exact) mass is 256 g/mol. The van der Waals surface area contributed by atoms with Crippen molar-refractivity contribution in [3.05, 3.63) is 5.82 Å². The molecule has 0 saturated heterocycles. The Kier molecular flexibility index (Phi) is 4.77. The first-order chi connectivity index (χ1) is 8.36. The van der Waals surface area contributed by atoms with Gasteiger partial charge in [-0.25, -0.2) is 4.68 Å². The molecule has 1 unspecified atom stereocenters. The number of rotatable bonds is 6. The van der Waals surface area contributed by atoms with Crippen LogP contribution < -0.4 is 0 Å². The fourth-order valence-electron chi connectivity index (χ4n) is 1.67. The molecule has 1 rings (SSSR count). The van der Waals surface area contributed by atoms with Crippen molar-refractivity contribution < 1.29 is 14.6 Å². The lowest BCUT2D eigenvalue weighted by Crippen LogP contribution is -2.29. The normalized spacial score (nSPS) is 13.6. The summed E-state index contributed by atoms with van der Waals surface area (Å²) in [7, 11) is 0. The first kappa shape index (κ1) is 14.6. The van der Waals surface area contributed by atoms with Gasteiger partial charge >= 0.3 is 5.97 Å². The van der Waals surface area contributed by atoms with Gasteiger partial charge in [0, 0.05) is 6.61 Å². The molecule has 0 aromatic carbocycles. The minimum atomic E-state index is -0.868. The number of carboxylic acids is 1. The standard InChI is InChI=1S/C11H20N4O3/c1-5-18-7-9-12-13-14-15(9)8(6-10(16)17)11(2,3)4/h8H,5-7H2,1-4H3,(H,16,17). The van der Waals surface area contributed by atoms with E-state index in [0.29, 0.717) is 12.4 Å². The van der Waals surface area contributed by atoms with Gasteiger partial charge in [0.15, 0.2) is 5.82 Å². The topological polar surface area (TPSA) is 90.1 Å². The molecule has 0 aliphatic carbocycles. The Morgan fingerprint density at radius 3 is 2.67 bits per heavy atom. The van der Waals surface area contributed by atoms with Crippen LogP contribution in [0.4, 0.5) is 0 Å². The van der Waals surface area contributed by atoms with Crippen molar-refractivity contribution in [1.82, 2.24) is 20.2 Å². The fourth-order valence-corrected chi connectivity index (χ4v) is 1.67. The predicted molar refractivity (Wildman–Crippen MR) is 63.9 cm³/mol. The molecule has 7 heteroatoms. The van der Waals surface area contributed by atoms with Crippen molar-refractivity contribution in [2.24, 2.45) is 5.41 Å². The molecule has 18 heavy (non-hydrogen) atoms. The lowest BCUT2D eigenvalue weighted by atomic mass is 9.85. The van der Waals surface area contributed by atoms with Crippen molar-refractivity contribution in [3.8, 4) is 0 Å². The van der Waals surface area contributed by atoms with Crippen LogP contribution in [0.25, 0.3) is 0 Å². The van der Waals surface area contributed by atoms with Crippen LogP contribution in [0, 0.1) is 5.41 Å². The molecule has 1 atom stereocenters. The molecule has 0 aliphatic rings. The summed E-state index contributed by atoms with van der Waals surface area (Å²) in [5.74, 6) is -0.314. The average molecular weight is 256 g/mol. The van der Waals surface area contributed by atoms with E-state index in [9.17, 15) is 4.79 Å². The van der Waals surface area contributed by atoms with Crippen LogP contribution in [-0.2, 0) is 16.1 Å². The number of aliphatic carboxylic acids is 1. The lowest BCUT2D eigenvalue weighted by molar-refractivity contribution is -0.139. The molecule has 0 radical (unpaired) electrons. The Labute approximate surface area is 106 Å². The van der Waals surface area contributed by atoms with Gasteiger partial charge in [-0.3, -0.25) is 4.79 Å². The number of aromatic nitrogens is 4. The maximum absolute atomic E-state index is 11.0. The Balaban J connectivity index is 2.98. The molecule has 1 N–H and O–H groups in total. The maximum Gasteiger partial charge on any atom is 0.305 e. The first-order valence-electron chi connectivity index (χ1n) is 5.92. The highest BCUT2D eigenvalue weighted by Gasteiger charge is 2.31. The van der Waals surface area contributed by atoms with Gasteiger partial charge in [-0.05, 0) is 22.8 Å². The van der Waals surface area contributed by atoms with E-state index in [2.05, 4.69) is 15.5 Å². The van der Waals surface area contributed by atoms with Crippen LogP contribution in [0.5, 0.6) is 0 Å². The second kappa shape index (κ2) is 5.90. The lowest BCUT2D eigenvalue weighted by Gasteiger charge is -2.29. The smallest absolute Gasteiger partial charge is 0.305 e. The van der Waals surface area contributed by atoms with Crippen LogP contribution in [0.2, 0.25) is 0 Å². The third-order valence-corrected chi connectivity index (χ3v) is 2.66. The van der Waals surface area contributed by atoms with Gasteiger partial charge in [-0.2, -0.15) is 0 Å². The van der Waals surface area contributed by atoms with Gasteiger partial charge in [0.25, 0.3) is 0 Å². The van der Waals surface area contributed by atoms with E-state index in [4.69, 9.17) is 9.84 Å². The summed E-state index contributed by atoms with van der Waals surface area (Å²) in [6.07, 6.45) is -0.0202. The molecule has 0 amide bonds. The number of ether oxygens (including phenoxy) is 1. The van der Waals surface area contributed by atoms with E-state index >= 15 is 0 Å². The van der Waals surface area contributed by atoms with E-state index in [1.54, 1.807) is 4.68 Å². The summed E-state index contributed by atoms with van der Waals surface area (Å²) >= 11 is 0. The second-order valence-electron chi connectivity index (χ2n) is 5.16. The van der Waals surface area contributed by atoms with Gasteiger partial charge in [0.05, 0.1) is 12.5 Å². The van der Waals surface area contributed by atoms with Crippen molar-refractivity contribution >= 4 is 5.97 Å². The van der Waals surface area contributed by atoms with Gasteiger partial charge < -0.3 is 9.84 Å². The van der Waals surface area contributed by atoms with E-state index < -0.39 is 5.97 Å². The van der Waals surface area contributed by atoms with Crippen LogP contribution in [-0.4, -0.2) is 37.9 Å². The molecule has 7 nitrogen and oxygen atoms in total. The third-order valence-electron chi connectivity index (χ3n) is 2.66. The van der Waals surface area contributed by atoms with Crippen LogP contribution in [0.1, 0.15) is 46.0 Å². The number of hydrogen-bond acceptors (Lipinski definition) is 5. The summed E-state index contributed by atoms with van der Waals surface area (Å²) in [5.41, 5.74) is -0.255. The zero-order valence-corrected chi connectivity index (χ0v) is 11.3. The Bertz CT molecular complexity index is 397. The van der Waals surface area contributed by atoms with E-state index in [0.717, 1.165) is 0 Å². The number of carbonyl (C=O) groups is 1. The Morgan fingerprint density at radius 2 is 2.17 bits per heavy atom. The van der Waals surface area contributed by atoms with Crippen molar-refractivity contribution in [1.29, 1.82) is 0 Å². The zero-order chi connectivity index (χ0) is 13.8. The predicted octanol–water partition coefficient (Wildman–Crippen LogP) is 1.27. The van der Waals surface area contributed by atoms with Crippen molar-refractivity contribution in [2.45, 2.75) is 46.8 Å². The highest BCUT2D eigenvalue weighted by Crippen LogP contribution is 2.33. The zero-order valence-electron chi connectivity index (χ0n) is 11.3. The minimum Gasteiger partial charge on any atom is -0.481 e. The minimum absolute atomic E-state index is 0.0202. The van der Waals surface area contributed by atoms with E-state index in [1.807, 2.05) is 27.7 Å². The molecule has 0 spiro atoms. The van der Waals surface area contributed by atoms with E-state index in [1.165, 1.54) is 0 Å². The fraction of sp³-hybridized carbons (Fsp3) is 0.818. The molecule has 102 valence electrons. The van der Waals surface area contributed by atoms with Crippen molar-refractivity contribution in [3.63, 3.8) is 0 Å². The van der Waals surface area contributed by atoms with Gasteiger partial charge in [0.2, 0.25) is 0 Å². The Morgan fingerprint density at radius 1 is 1.50 bits per heavy atom. The highest BCUT2D eigenvalue weighted by atomic mass is 16.5. The van der Waals surface area contributed by atoms with E-state index in [-0.39, 0.29) is 24.5 Å². The molecule has 0 fully saturated rings. The quantitative estimate of drug-likeness (QED) is 0.824. The summed E-state index contributed by atoms with van der Waals surface area (Å²) in [5, 5.41) is 20.4. The molecule has 1 aromatic rings. The average Bonchev–Trinajstić information content (AvgIpc) is 2.69. The molecule has 1 heterocycles. The third kappa shape index (κ3) is 3.76. The highest BCUT2D eigenvalue weighted by molar-refractivity contribution is 5.67. The molecule has 0 bridgehead atoms. The molecule has 0 aliphatic heterocycles. The number of carboxylic acid groups (broad SMARTS) is 1. The number of hydrogen-bond donors (Lipinski definition) is 1. The summed E-state index contributed by atoms with van der Waals surface area (Å²) in [4.78, 5) is 11.0. The number of tetrazole rings is 1. The second-order valence-corrected chi connectivity index (χ2v) is 5.16. The van der Waals surface area contributed by atoms with Crippen molar-refractivity contribution in [2.75, 3.05) is 6.61 Å². The molecule has 1 aromatic heterocycles. The SMILES string of the molecule is CCOCc1nnnn1C(CC(=O)O)C(C)(C)C. The Hall–Kier alpha value is -1.50. The molecule has 0 saturated carbocycles. The summed E-state index contributed by atoms with van der Waals surface area (Å²) < 4.78 is 6.83. The summed E-state index contributed by atoms with van der Waals surface area (Å²) in [6.45, 7) is 8.63. The molecular weight excluding hydrogens is 236 g/mol. The first-order valence-corrected chi connectivity index (χ1v) is 5.92. The van der Waals surface area contributed by atoms with Gasteiger partial charge in [-0.15, -0.1) is 5.10 Å².